The first-order valence-corrected chi connectivity index (χ1v) is 7.61. The molecular weight excluding hydrogens is 224 g/mol. The van der Waals surface area contributed by atoms with Gasteiger partial charge >= 0.3 is 0 Å². The second-order valence-corrected chi connectivity index (χ2v) is 8.26. The summed E-state index contributed by atoms with van der Waals surface area (Å²) in [6, 6.07) is 9.10. The molecule has 1 spiro atoms. The van der Waals surface area contributed by atoms with Crippen LogP contribution in [0.4, 0.5) is 0 Å². The number of rotatable bonds is 0. The lowest BCUT2D eigenvalue weighted by atomic mass is 9.60. The van der Waals surface area contributed by atoms with Gasteiger partial charge in [0.25, 0.3) is 0 Å². The number of benzene rings is 1. The van der Waals surface area contributed by atoms with Crippen LogP contribution in [-0.2, 0) is 4.75 Å². The predicted octanol–water partition coefficient (Wildman–Crippen LogP) is 4.83. The van der Waals surface area contributed by atoms with E-state index in [4.69, 9.17) is 0 Å². The monoisotopic (exact) mass is 244 g/mol. The molecule has 1 aliphatic heterocycles. The lowest BCUT2D eigenvalue weighted by Gasteiger charge is -2.59. The standard InChI is InChI=1S/C16H20S/c1-14(2)11-8-9-15(3,10-11)16(14)12-6-4-5-7-13(12)17-16/h4-7,11H,8-10H2,1-3H3/t11-,15-,16-/m0/s1. The highest BCUT2D eigenvalue weighted by Crippen LogP contribution is 2.82. The van der Waals surface area contributed by atoms with Crippen molar-refractivity contribution in [2.75, 3.05) is 0 Å². The van der Waals surface area contributed by atoms with Gasteiger partial charge in [-0.25, -0.2) is 0 Å². The minimum atomic E-state index is 0.416. The van der Waals surface area contributed by atoms with Gasteiger partial charge in [0, 0.05) is 4.90 Å². The van der Waals surface area contributed by atoms with Gasteiger partial charge in [-0.15, -0.1) is 11.8 Å². The molecule has 0 unspecified atom stereocenters. The Labute approximate surface area is 108 Å². The Hall–Kier alpha value is -0.430. The summed E-state index contributed by atoms with van der Waals surface area (Å²) in [7, 11) is 0. The van der Waals surface area contributed by atoms with Gasteiger partial charge in [0.05, 0.1) is 4.75 Å². The highest BCUT2D eigenvalue weighted by molar-refractivity contribution is 8.01. The molecule has 0 N–H and O–H groups in total. The highest BCUT2D eigenvalue weighted by atomic mass is 32.2. The van der Waals surface area contributed by atoms with E-state index < -0.39 is 0 Å². The topological polar surface area (TPSA) is 0 Å². The highest BCUT2D eigenvalue weighted by Gasteiger charge is 2.73. The van der Waals surface area contributed by atoms with Crippen molar-refractivity contribution >= 4 is 11.8 Å². The minimum absolute atomic E-state index is 0.416. The van der Waals surface area contributed by atoms with Gasteiger partial charge in [-0.3, -0.25) is 0 Å². The minimum Gasteiger partial charge on any atom is -0.113 e. The van der Waals surface area contributed by atoms with Gasteiger partial charge < -0.3 is 0 Å². The predicted molar refractivity (Wildman–Crippen MR) is 73.2 cm³/mol. The summed E-state index contributed by atoms with van der Waals surface area (Å²) in [5.74, 6) is 0.938. The lowest BCUT2D eigenvalue weighted by molar-refractivity contribution is 0.0983. The maximum Gasteiger partial charge on any atom is 0.0573 e. The average molecular weight is 244 g/mol. The summed E-state index contributed by atoms with van der Waals surface area (Å²) >= 11 is 2.18. The fourth-order valence-corrected chi connectivity index (χ4v) is 6.99. The summed E-state index contributed by atoms with van der Waals surface area (Å²) in [5, 5.41) is 0. The summed E-state index contributed by atoms with van der Waals surface area (Å²) in [5.41, 5.74) is 2.67. The molecular formula is C16H20S. The Morgan fingerprint density at radius 3 is 2.59 bits per heavy atom. The summed E-state index contributed by atoms with van der Waals surface area (Å²) in [6.07, 6.45) is 4.33. The Morgan fingerprint density at radius 2 is 1.94 bits per heavy atom. The molecule has 1 aromatic carbocycles. The van der Waals surface area contributed by atoms with Gasteiger partial charge in [-0.05, 0) is 47.6 Å². The molecule has 90 valence electrons. The Bertz CT molecular complexity index is 497. The maximum atomic E-state index is 2.55. The molecule has 1 heterocycles. The fourth-order valence-electron chi connectivity index (χ4n) is 5.19. The van der Waals surface area contributed by atoms with E-state index in [1.807, 2.05) is 0 Å². The molecule has 2 saturated carbocycles. The van der Waals surface area contributed by atoms with Crippen molar-refractivity contribution in [2.24, 2.45) is 16.7 Å². The van der Waals surface area contributed by atoms with E-state index in [0.717, 1.165) is 5.92 Å². The van der Waals surface area contributed by atoms with Crippen molar-refractivity contribution in [2.45, 2.75) is 49.7 Å². The van der Waals surface area contributed by atoms with E-state index in [1.165, 1.54) is 24.2 Å². The van der Waals surface area contributed by atoms with Crippen LogP contribution in [0, 0.1) is 16.7 Å². The summed E-state index contributed by atoms with van der Waals surface area (Å²) < 4.78 is 0.416. The van der Waals surface area contributed by atoms with Crippen LogP contribution >= 0.6 is 11.8 Å². The molecule has 3 atom stereocenters. The van der Waals surface area contributed by atoms with Crippen LogP contribution in [0.25, 0.3) is 0 Å². The van der Waals surface area contributed by atoms with Crippen LogP contribution in [0.15, 0.2) is 29.2 Å². The van der Waals surface area contributed by atoms with Crippen molar-refractivity contribution in [1.82, 2.24) is 0 Å². The quantitative estimate of drug-likeness (QED) is 0.629. The summed E-state index contributed by atoms with van der Waals surface area (Å²) in [4.78, 5) is 1.54. The lowest BCUT2D eigenvalue weighted by Crippen LogP contribution is -2.52. The molecule has 4 rings (SSSR count). The fraction of sp³-hybridized carbons (Fsp3) is 0.625. The molecule has 1 aromatic rings. The van der Waals surface area contributed by atoms with Crippen LogP contribution in [0.2, 0.25) is 0 Å². The van der Waals surface area contributed by atoms with E-state index in [9.17, 15) is 0 Å². The molecule has 2 aliphatic carbocycles. The molecule has 1 heteroatoms. The van der Waals surface area contributed by atoms with Gasteiger partial charge in [0.1, 0.15) is 0 Å². The molecule has 17 heavy (non-hydrogen) atoms. The molecule has 3 aliphatic rings. The first-order chi connectivity index (χ1) is 8.01. The molecule has 0 aromatic heterocycles. The van der Waals surface area contributed by atoms with Crippen molar-refractivity contribution in [1.29, 1.82) is 0 Å². The number of thioether (sulfide) groups is 1. The second kappa shape index (κ2) is 2.77. The maximum absolute atomic E-state index is 2.55. The van der Waals surface area contributed by atoms with Crippen LogP contribution in [-0.4, -0.2) is 0 Å². The molecule has 2 fully saturated rings. The van der Waals surface area contributed by atoms with E-state index in [0.29, 0.717) is 15.6 Å². The zero-order valence-electron chi connectivity index (χ0n) is 10.9. The van der Waals surface area contributed by atoms with Crippen LogP contribution in [0.3, 0.4) is 0 Å². The van der Waals surface area contributed by atoms with Crippen molar-refractivity contribution in [3.8, 4) is 0 Å². The smallest absolute Gasteiger partial charge is 0.0573 e. The molecule has 0 radical (unpaired) electrons. The van der Waals surface area contributed by atoms with E-state index >= 15 is 0 Å². The number of fused-ring (bicyclic) bond motifs is 5. The molecule has 0 saturated heterocycles. The van der Waals surface area contributed by atoms with Crippen molar-refractivity contribution < 1.29 is 0 Å². The van der Waals surface area contributed by atoms with Crippen LogP contribution in [0.1, 0.15) is 45.6 Å². The largest absolute Gasteiger partial charge is 0.113 e. The third-order valence-electron chi connectivity index (χ3n) is 6.05. The third-order valence-corrected chi connectivity index (χ3v) is 8.17. The Morgan fingerprint density at radius 1 is 1.18 bits per heavy atom. The van der Waals surface area contributed by atoms with E-state index in [1.54, 1.807) is 5.56 Å². The zero-order chi connectivity index (χ0) is 11.9. The molecule has 0 nitrogen and oxygen atoms in total. The Kier molecular flexibility index (Phi) is 1.71. The molecule has 2 bridgehead atoms. The van der Waals surface area contributed by atoms with E-state index in [-0.39, 0.29) is 0 Å². The average Bonchev–Trinajstić information content (AvgIpc) is 2.70. The second-order valence-electron chi connectivity index (χ2n) is 7.00. The Balaban J connectivity index is 1.96. The van der Waals surface area contributed by atoms with Gasteiger partial charge in [0.15, 0.2) is 0 Å². The number of hydrogen-bond acceptors (Lipinski definition) is 1. The van der Waals surface area contributed by atoms with E-state index in [2.05, 4.69) is 56.8 Å². The van der Waals surface area contributed by atoms with Gasteiger partial charge in [0.2, 0.25) is 0 Å². The zero-order valence-corrected chi connectivity index (χ0v) is 11.7. The number of hydrogen-bond donors (Lipinski definition) is 0. The van der Waals surface area contributed by atoms with Crippen molar-refractivity contribution in [3.63, 3.8) is 0 Å². The third kappa shape index (κ3) is 0.896. The van der Waals surface area contributed by atoms with Gasteiger partial charge in [-0.1, -0.05) is 39.0 Å². The van der Waals surface area contributed by atoms with Crippen LogP contribution < -0.4 is 0 Å². The SMILES string of the molecule is CC1(C)[C@H]2CC[C@@](C)(C2)[C@@]12Sc1ccccc12. The van der Waals surface area contributed by atoms with Crippen molar-refractivity contribution in [3.05, 3.63) is 29.8 Å². The summed E-state index contributed by atoms with van der Waals surface area (Å²) in [6.45, 7) is 7.58. The van der Waals surface area contributed by atoms with Crippen LogP contribution in [0.5, 0.6) is 0 Å². The van der Waals surface area contributed by atoms with Gasteiger partial charge in [-0.2, -0.15) is 0 Å². The first-order valence-electron chi connectivity index (χ1n) is 6.80. The first kappa shape index (κ1) is 10.5. The normalized spacial score (nSPS) is 44.8. The molecule has 0 amide bonds.